The van der Waals surface area contributed by atoms with E-state index in [0.717, 1.165) is 5.92 Å². The SMILES string of the molecule is NC1CCN2CCCC1C2.O=CO. The summed E-state index contributed by atoms with van der Waals surface area (Å²) in [7, 11) is 0. The lowest BCUT2D eigenvalue weighted by Gasteiger charge is -2.41. The third-order valence-corrected chi connectivity index (χ3v) is 2.93. The summed E-state index contributed by atoms with van der Waals surface area (Å²) in [4.78, 5) is 10.9. The van der Waals surface area contributed by atoms with E-state index in [1.54, 1.807) is 0 Å². The highest BCUT2D eigenvalue weighted by Crippen LogP contribution is 2.24. The lowest BCUT2D eigenvalue weighted by atomic mass is 9.86. The van der Waals surface area contributed by atoms with Gasteiger partial charge in [0.05, 0.1) is 0 Å². The predicted molar refractivity (Wildman–Crippen MR) is 50.4 cm³/mol. The van der Waals surface area contributed by atoms with E-state index in [-0.39, 0.29) is 6.47 Å². The van der Waals surface area contributed by atoms with Crippen molar-refractivity contribution in [1.82, 2.24) is 4.90 Å². The van der Waals surface area contributed by atoms with Gasteiger partial charge in [0.1, 0.15) is 0 Å². The molecule has 4 nitrogen and oxygen atoms in total. The third-order valence-electron chi connectivity index (χ3n) is 2.93. The van der Waals surface area contributed by atoms with Crippen molar-refractivity contribution in [2.45, 2.75) is 25.3 Å². The number of hydrogen-bond donors (Lipinski definition) is 2. The summed E-state index contributed by atoms with van der Waals surface area (Å²) in [6.45, 7) is 3.60. The monoisotopic (exact) mass is 186 g/mol. The lowest BCUT2D eigenvalue weighted by Crippen LogP contribution is -2.50. The molecule has 3 N–H and O–H groups in total. The molecular weight excluding hydrogens is 168 g/mol. The molecule has 0 aromatic heterocycles. The largest absolute Gasteiger partial charge is 0.483 e. The van der Waals surface area contributed by atoms with Crippen molar-refractivity contribution in [1.29, 1.82) is 0 Å². The van der Waals surface area contributed by atoms with Gasteiger partial charge in [0.2, 0.25) is 0 Å². The minimum atomic E-state index is -0.250. The zero-order valence-corrected chi connectivity index (χ0v) is 7.85. The highest BCUT2D eigenvalue weighted by molar-refractivity contribution is 5.32. The van der Waals surface area contributed by atoms with Crippen LogP contribution >= 0.6 is 0 Å². The Balaban J connectivity index is 0.000000251. The fourth-order valence-corrected chi connectivity index (χ4v) is 2.21. The molecule has 0 saturated carbocycles. The highest BCUT2D eigenvalue weighted by Gasteiger charge is 2.29. The maximum atomic E-state index is 8.36. The van der Waals surface area contributed by atoms with Crippen molar-refractivity contribution in [3.63, 3.8) is 0 Å². The van der Waals surface area contributed by atoms with Crippen LogP contribution < -0.4 is 5.73 Å². The second-order valence-electron chi connectivity index (χ2n) is 3.76. The summed E-state index contributed by atoms with van der Waals surface area (Å²) in [5, 5.41) is 6.89. The fraction of sp³-hybridized carbons (Fsp3) is 0.889. The molecule has 0 amide bonds. The first-order valence-corrected chi connectivity index (χ1v) is 4.83. The summed E-state index contributed by atoms with van der Waals surface area (Å²) in [6.07, 6.45) is 3.97. The molecule has 2 aliphatic heterocycles. The molecule has 2 aliphatic rings. The normalized spacial score (nSPS) is 37.2. The van der Waals surface area contributed by atoms with Gasteiger partial charge in [-0.15, -0.1) is 0 Å². The van der Waals surface area contributed by atoms with Crippen molar-refractivity contribution in [2.75, 3.05) is 19.6 Å². The van der Waals surface area contributed by atoms with E-state index in [9.17, 15) is 0 Å². The standard InChI is InChI=1S/C8H16N2.CH2O2/c9-8-3-5-10-4-1-2-7(8)6-10;2-1-3/h7-8H,1-6,9H2;1H,(H,2,3). The number of piperidine rings is 2. The Labute approximate surface area is 78.7 Å². The van der Waals surface area contributed by atoms with Crippen molar-refractivity contribution >= 4 is 6.47 Å². The van der Waals surface area contributed by atoms with Crippen LogP contribution in [0.4, 0.5) is 0 Å². The van der Waals surface area contributed by atoms with Crippen LogP contribution in [-0.4, -0.2) is 42.2 Å². The zero-order valence-electron chi connectivity index (χ0n) is 7.85. The molecule has 4 heteroatoms. The summed E-state index contributed by atoms with van der Waals surface area (Å²) < 4.78 is 0. The quantitative estimate of drug-likeness (QED) is 0.528. The van der Waals surface area contributed by atoms with E-state index < -0.39 is 0 Å². The average molecular weight is 186 g/mol. The molecule has 76 valence electrons. The number of carboxylic acid groups (broad SMARTS) is 1. The van der Waals surface area contributed by atoms with Gasteiger partial charge < -0.3 is 15.7 Å². The van der Waals surface area contributed by atoms with Gasteiger partial charge >= 0.3 is 0 Å². The molecule has 3 unspecified atom stereocenters. The second kappa shape index (κ2) is 5.19. The van der Waals surface area contributed by atoms with Gasteiger partial charge in [-0.3, -0.25) is 4.79 Å². The molecule has 0 aromatic carbocycles. The van der Waals surface area contributed by atoms with Gasteiger partial charge in [0.25, 0.3) is 6.47 Å². The summed E-state index contributed by atoms with van der Waals surface area (Å²) in [5.41, 5.74) is 5.96. The van der Waals surface area contributed by atoms with E-state index in [1.165, 1.54) is 38.9 Å². The molecule has 2 bridgehead atoms. The van der Waals surface area contributed by atoms with Crippen LogP contribution in [0.15, 0.2) is 0 Å². The lowest BCUT2D eigenvalue weighted by molar-refractivity contribution is -0.122. The first kappa shape index (κ1) is 10.5. The highest BCUT2D eigenvalue weighted by atomic mass is 16.3. The maximum Gasteiger partial charge on any atom is 0.290 e. The fourth-order valence-electron chi connectivity index (χ4n) is 2.21. The molecule has 2 heterocycles. The minimum Gasteiger partial charge on any atom is -0.483 e. The molecular formula is C9H18N2O2. The van der Waals surface area contributed by atoms with E-state index in [2.05, 4.69) is 4.90 Å². The predicted octanol–water partition coefficient (Wildman–Crippen LogP) is 0.130. The van der Waals surface area contributed by atoms with Crippen LogP contribution in [0.2, 0.25) is 0 Å². The Hall–Kier alpha value is -0.610. The number of nitrogens with zero attached hydrogens (tertiary/aromatic N) is 1. The smallest absolute Gasteiger partial charge is 0.290 e. The Kier molecular flexibility index (Phi) is 4.18. The van der Waals surface area contributed by atoms with Crippen molar-refractivity contribution in [3.8, 4) is 0 Å². The third kappa shape index (κ3) is 2.97. The molecule has 0 aromatic rings. The average Bonchev–Trinajstić information content (AvgIpc) is 2.14. The van der Waals surface area contributed by atoms with Gasteiger partial charge in [-0.1, -0.05) is 0 Å². The molecule has 2 saturated heterocycles. The van der Waals surface area contributed by atoms with Crippen LogP contribution in [0, 0.1) is 5.92 Å². The van der Waals surface area contributed by atoms with E-state index >= 15 is 0 Å². The molecule has 2 rings (SSSR count). The van der Waals surface area contributed by atoms with Crippen LogP contribution in [-0.2, 0) is 4.79 Å². The molecule has 13 heavy (non-hydrogen) atoms. The topological polar surface area (TPSA) is 66.6 Å². The first-order chi connectivity index (χ1) is 6.27. The Bertz CT molecular complexity index is 162. The van der Waals surface area contributed by atoms with E-state index in [1.807, 2.05) is 0 Å². The van der Waals surface area contributed by atoms with Crippen LogP contribution in [0.25, 0.3) is 0 Å². The van der Waals surface area contributed by atoms with Gasteiger partial charge in [-0.25, -0.2) is 0 Å². The Morgan fingerprint density at radius 2 is 2.08 bits per heavy atom. The van der Waals surface area contributed by atoms with Crippen molar-refractivity contribution < 1.29 is 9.90 Å². The van der Waals surface area contributed by atoms with Crippen molar-refractivity contribution in [2.24, 2.45) is 11.7 Å². The molecule has 2 fully saturated rings. The van der Waals surface area contributed by atoms with Gasteiger partial charge in [-0.05, 0) is 38.3 Å². The Morgan fingerprint density at radius 3 is 2.69 bits per heavy atom. The van der Waals surface area contributed by atoms with Gasteiger partial charge in [0.15, 0.2) is 0 Å². The number of carbonyl (C=O) groups is 1. The van der Waals surface area contributed by atoms with E-state index in [0.29, 0.717) is 6.04 Å². The zero-order chi connectivity index (χ0) is 9.68. The first-order valence-electron chi connectivity index (χ1n) is 4.83. The van der Waals surface area contributed by atoms with Crippen molar-refractivity contribution in [3.05, 3.63) is 0 Å². The summed E-state index contributed by atoms with van der Waals surface area (Å²) in [5.74, 6) is 0.822. The molecule has 0 spiro atoms. The summed E-state index contributed by atoms with van der Waals surface area (Å²) in [6, 6.07) is 0.511. The summed E-state index contributed by atoms with van der Waals surface area (Å²) >= 11 is 0. The number of rotatable bonds is 0. The van der Waals surface area contributed by atoms with Gasteiger partial charge in [-0.2, -0.15) is 0 Å². The molecule has 0 aliphatic carbocycles. The second-order valence-corrected chi connectivity index (χ2v) is 3.76. The van der Waals surface area contributed by atoms with Gasteiger partial charge in [0, 0.05) is 12.6 Å². The van der Waals surface area contributed by atoms with Crippen LogP contribution in [0.5, 0.6) is 0 Å². The molecule has 3 atom stereocenters. The molecule has 0 radical (unpaired) electrons. The van der Waals surface area contributed by atoms with Crippen LogP contribution in [0.1, 0.15) is 19.3 Å². The number of nitrogens with two attached hydrogens (primary N) is 1. The minimum absolute atomic E-state index is 0.250. The number of fused-ring (bicyclic) bond motifs is 2. The maximum absolute atomic E-state index is 8.36. The van der Waals surface area contributed by atoms with Crippen LogP contribution in [0.3, 0.4) is 0 Å². The van der Waals surface area contributed by atoms with E-state index in [4.69, 9.17) is 15.6 Å². The Morgan fingerprint density at radius 1 is 1.38 bits per heavy atom. The number of hydrogen-bond acceptors (Lipinski definition) is 3.